The predicted octanol–water partition coefficient (Wildman–Crippen LogP) is 1.50. The summed E-state index contributed by atoms with van der Waals surface area (Å²) in [6, 6.07) is 0. The number of carboxylic acids is 1. The van der Waals surface area contributed by atoms with E-state index in [2.05, 4.69) is 5.32 Å². The zero-order valence-corrected chi connectivity index (χ0v) is 10.2. The first-order chi connectivity index (χ1) is 7.68. The summed E-state index contributed by atoms with van der Waals surface area (Å²) < 4.78 is 0. The van der Waals surface area contributed by atoms with E-state index in [1.54, 1.807) is 0 Å². The Morgan fingerprint density at radius 3 is 2.88 bits per heavy atom. The van der Waals surface area contributed by atoms with Gasteiger partial charge >= 0.3 is 5.97 Å². The van der Waals surface area contributed by atoms with Gasteiger partial charge in [0.2, 0.25) is 5.91 Å². The molecule has 0 radical (unpaired) electrons. The third-order valence-corrected chi connectivity index (χ3v) is 3.90. The molecule has 1 saturated heterocycles. The fourth-order valence-corrected chi connectivity index (χ4v) is 2.93. The molecule has 0 saturated carbocycles. The molecule has 1 rings (SSSR count). The van der Waals surface area contributed by atoms with Crippen LogP contribution in [-0.4, -0.2) is 35.0 Å². The van der Waals surface area contributed by atoms with Gasteiger partial charge < -0.3 is 10.4 Å². The summed E-state index contributed by atoms with van der Waals surface area (Å²) in [5.74, 6) is 2.08. The van der Waals surface area contributed by atoms with E-state index in [1.165, 1.54) is 12.2 Å². The largest absolute Gasteiger partial charge is 0.481 e. The van der Waals surface area contributed by atoms with Crippen molar-refractivity contribution in [1.29, 1.82) is 0 Å². The van der Waals surface area contributed by atoms with Gasteiger partial charge in [0.1, 0.15) is 0 Å². The van der Waals surface area contributed by atoms with Gasteiger partial charge in [-0.25, -0.2) is 0 Å². The van der Waals surface area contributed by atoms with Crippen LogP contribution in [0.25, 0.3) is 0 Å². The molecule has 1 aliphatic rings. The molecule has 92 valence electrons. The van der Waals surface area contributed by atoms with Gasteiger partial charge in [-0.2, -0.15) is 11.8 Å². The van der Waals surface area contributed by atoms with Crippen LogP contribution in [0.5, 0.6) is 0 Å². The third-order valence-electron chi connectivity index (χ3n) is 2.62. The molecule has 1 aliphatic heterocycles. The lowest BCUT2D eigenvalue weighted by molar-refractivity contribution is -0.137. The number of carbonyl (C=O) groups excluding carboxylic acids is 1. The summed E-state index contributed by atoms with van der Waals surface area (Å²) in [4.78, 5) is 21.7. The van der Waals surface area contributed by atoms with Crippen molar-refractivity contribution in [3.63, 3.8) is 0 Å². The predicted molar refractivity (Wildman–Crippen MR) is 64.5 cm³/mol. The molecular weight excluding hydrogens is 226 g/mol. The van der Waals surface area contributed by atoms with Crippen molar-refractivity contribution in [2.45, 2.75) is 32.1 Å². The first kappa shape index (κ1) is 13.4. The number of carboxylic acid groups (broad SMARTS) is 1. The molecule has 0 aromatic heterocycles. The van der Waals surface area contributed by atoms with Crippen LogP contribution in [0.4, 0.5) is 0 Å². The molecule has 0 bridgehead atoms. The van der Waals surface area contributed by atoms with E-state index in [0.717, 1.165) is 12.2 Å². The highest BCUT2D eigenvalue weighted by Crippen LogP contribution is 2.24. The zero-order valence-electron chi connectivity index (χ0n) is 9.41. The van der Waals surface area contributed by atoms with Crippen molar-refractivity contribution in [3.05, 3.63) is 0 Å². The van der Waals surface area contributed by atoms with E-state index in [1.807, 2.05) is 11.8 Å². The second-order valence-electron chi connectivity index (χ2n) is 4.13. The highest BCUT2D eigenvalue weighted by Gasteiger charge is 2.16. The minimum absolute atomic E-state index is 0.0675. The summed E-state index contributed by atoms with van der Waals surface area (Å²) in [7, 11) is 0. The number of aliphatic carboxylic acids is 1. The third kappa shape index (κ3) is 6.00. The van der Waals surface area contributed by atoms with Gasteiger partial charge in [-0.15, -0.1) is 0 Å². The number of amides is 1. The molecule has 0 aromatic rings. The lowest BCUT2D eigenvalue weighted by Crippen LogP contribution is -2.28. The number of hydrogen-bond donors (Lipinski definition) is 2. The van der Waals surface area contributed by atoms with Crippen molar-refractivity contribution in [2.75, 3.05) is 18.1 Å². The smallest absolute Gasteiger partial charge is 0.303 e. The van der Waals surface area contributed by atoms with Crippen LogP contribution in [0.15, 0.2) is 0 Å². The number of thioether (sulfide) groups is 1. The van der Waals surface area contributed by atoms with E-state index in [4.69, 9.17) is 5.11 Å². The number of nitrogens with one attached hydrogen (secondary N) is 1. The maximum Gasteiger partial charge on any atom is 0.303 e. The van der Waals surface area contributed by atoms with E-state index in [0.29, 0.717) is 25.3 Å². The summed E-state index contributed by atoms with van der Waals surface area (Å²) in [5.41, 5.74) is 0. The quantitative estimate of drug-likeness (QED) is 0.696. The van der Waals surface area contributed by atoms with Gasteiger partial charge in [-0.3, -0.25) is 9.59 Å². The molecule has 1 fully saturated rings. The number of hydrogen-bond acceptors (Lipinski definition) is 3. The van der Waals surface area contributed by atoms with E-state index in [9.17, 15) is 9.59 Å². The van der Waals surface area contributed by atoms with Crippen LogP contribution in [0.3, 0.4) is 0 Å². The lowest BCUT2D eigenvalue weighted by Gasteiger charge is -2.20. The minimum Gasteiger partial charge on any atom is -0.481 e. The Labute approximate surface area is 100 Å². The average molecular weight is 245 g/mol. The van der Waals surface area contributed by atoms with Gasteiger partial charge in [-0.1, -0.05) is 0 Å². The lowest BCUT2D eigenvalue weighted by atomic mass is 10.0. The average Bonchev–Trinajstić information content (AvgIpc) is 2.25. The SMILES string of the molecule is O=C(O)CCCNC(=O)CC1CCCSC1. The first-order valence-corrected chi connectivity index (χ1v) is 6.90. The zero-order chi connectivity index (χ0) is 11.8. The normalized spacial score (nSPS) is 20.4. The summed E-state index contributed by atoms with van der Waals surface area (Å²) in [5, 5.41) is 11.2. The van der Waals surface area contributed by atoms with Crippen molar-refractivity contribution in [3.8, 4) is 0 Å². The highest BCUT2D eigenvalue weighted by molar-refractivity contribution is 7.99. The summed E-state index contributed by atoms with van der Waals surface area (Å²) >= 11 is 1.92. The van der Waals surface area contributed by atoms with Crippen LogP contribution in [-0.2, 0) is 9.59 Å². The first-order valence-electron chi connectivity index (χ1n) is 5.74. The number of carbonyl (C=O) groups is 2. The Balaban J connectivity index is 2.03. The fourth-order valence-electron chi connectivity index (χ4n) is 1.77. The molecule has 0 aromatic carbocycles. The van der Waals surface area contributed by atoms with Crippen LogP contribution in [0.2, 0.25) is 0 Å². The molecule has 0 aliphatic carbocycles. The Morgan fingerprint density at radius 1 is 1.44 bits per heavy atom. The molecule has 4 nitrogen and oxygen atoms in total. The summed E-state index contributed by atoms with van der Waals surface area (Å²) in [6.45, 7) is 0.477. The molecule has 0 spiro atoms. The van der Waals surface area contributed by atoms with Gasteiger partial charge in [0.15, 0.2) is 0 Å². The van der Waals surface area contributed by atoms with E-state index in [-0.39, 0.29) is 12.3 Å². The molecule has 1 amide bonds. The molecule has 1 unspecified atom stereocenters. The maximum absolute atomic E-state index is 11.5. The van der Waals surface area contributed by atoms with Crippen LogP contribution < -0.4 is 5.32 Å². The molecule has 5 heteroatoms. The van der Waals surface area contributed by atoms with Crippen LogP contribution in [0.1, 0.15) is 32.1 Å². The molecule has 1 heterocycles. The van der Waals surface area contributed by atoms with Gasteiger partial charge in [0.05, 0.1) is 0 Å². The summed E-state index contributed by atoms with van der Waals surface area (Å²) in [6.07, 6.45) is 3.59. The van der Waals surface area contributed by atoms with Crippen LogP contribution in [0, 0.1) is 5.92 Å². The van der Waals surface area contributed by atoms with Crippen molar-refractivity contribution < 1.29 is 14.7 Å². The second-order valence-corrected chi connectivity index (χ2v) is 5.28. The van der Waals surface area contributed by atoms with Gasteiger partial charge in [-0.05, 0) is 36.7 Å². The Kier molecular flexibility index (Phi) is 6.30. The topological polar surface area (TPSA) is 66.4 Å². The fraction of sp³-hybridized carbons (Fsp3) is 0.818. The van der Waals surface area contributed by atoms with Gasteiger partial charge in [0, 0.05) is 19.4 Å². The van der Waals surface area contributed by atoms with Crippen molar-refractivity contribution >= 4 is 23.6 Å². The Morgan fingerprint density at radius 2 is 2.25 bits per heavy atom. The van der Waals surface area contributed by atoms with E-state index >= 15 is 0 Å². The molecule has 1 atom stereocenters. The van der Waals surface area contributed by atoms with Gasteiger partial charge in [0.25, 0.3) is 0 Å². The highest BCUT2D eigenvalue weighted by atomic mass is 32.2. The van der Waals surface area contributed by atoms with Crippen molar-refractivity contribution in [1.82, 2.24) is 5.32 Å². The van der Waals surface area contributed by atoms with Crippen LogP contribution >= 0.6 is 11.8 Å². The Bertz CT molecular complexity index is 239. The number of rotatable bonds is 6. The maximum atomic E-state index is 11.5. The molecular formula is C11H19NO3S. The second kappa shape index (κ2) is 7.54. The standard InChI is InChI=1S/C11H19NO3S/c13-10(12-5-1-4-11(14)15)7-9-3-2-6-16-8-9/h9H,1-8H2,(H,12,13)(H,14,15). The minimum atomic E-state index is -0.807. The monoisotopic (exact) mass is 245 g/mol. The van der Waals surface area contributed by atoms with Crippen molar-refractivity contribution in [2.24, 2.45) is 5.92 Å². The Hall–Kier alpha value is -0.710. The molecule has 2 N–H and O–H groups in total. The van der Waals surface area contributed by atoms with E-state index < -0.39 is 5.97 Å². The molecule has 16 heavy (non-hydrogen) atoms.